The lowest BCUT2D eigenvalue weighted by Gasteiger charge is -2.09. The number of hydrogen-bond donors (Lipinski definition) is 3. The summed E-state index contributed by atoms with van der Waals surface area (Å²) >= 11 is 0. The van der Waals surface area contributed by atoms with Crippen molar-refractivity contribution in [3.05, 3.63) is 58.9 Å². The highest BCUT2D eigenvalue weighted by Crippen LogP contribution is 2.26. The Hall–Kier alpha value is -2.66. The first-order valence-corrected chi connectivity index (χ1v) is 9.32. The van der Waals surface area contributed by atoms with Crippen LogP contribution < -0.4 is 16.2 Å². The molecule has 3 N–H and O–H groups in total. The molecule has 0 aliphatic carbocycles. The van der Waals surface area contributed by atoms with E-state index in [1.54, 1.807) is 0 Å². The highest BCUT2D eigenvalue weighted by Gasteiger charge is 2.08. The summed E-state index contributed by atoms with van der Waals surface area (Å²) in [6, 6.07) is 15.8. The van der Waals surface area contributed by atoms with Crippen molar-refractivity contribution in [2.24, 2.45) is 0 Å². The molecule has 0 radical (unpaired) electrons. The molecule has 26 heavy (non-hydrogen) atoms. The van der Waals surface area contributed by atoms with Gasteiger partial charge >= 0.3 is 0 Å². The Kier molecular flexibility index (Phi) is 6.39. The number of nitrogens with one attached hydrogen (secondary N) is 3. The molecule has 0 aliphatic heterocycles. The fraction of sp³-hybridized carbons (Fsp3) is 0.333. The molecule has 2 aromatic carbocycles. The molecular weight excluding hydrogens is 324 g/mol. The molecule has 0 amide bonds. The molecule has 1 aromatic heterocycles. The quantitative estimate of drug-likeness (QED) is 0.514. The summed E-state index contributed by atoms with van der Waals surface area (Å²) in [5.41, 5.74) is 2.71. The second kappa shape index (κ2) is 9.15. The van der Waals surface area contributed by atoms with Gasteiger partial charge in [0, 0.05) is 23.2 Å². The van der Waals surface area contributed by atoms with E-state index in [9.17, 15) is 4.79 Å². The zero-order valence-corrected chi connectivity index (χ0v) is 15.2. The molecule has 0 saturated carbocycles. The number of anilines is 1. The molecule has 5 heteroatoms. The third-order valence-electron chi connectivity index (χ3n) is 4.44. The lowest BCUT2D eigenvalue weighted by atomic mass is 10.0. The molecule has 0 fully saturated rings. The summed E-state index contributed by atoms with van der Waals surface area (Å²) in [5.74, 6) is 0. The molecule has 5 nitrogen and oxygen atoms in total. The van der Waals surface area contributed by atoms with Gasteiger partial charge in [-0.3, -0.25) is 4.79 Å². The average molecular weight is 350 g/mol. The number of nitrogens with zero attached hydrogens (tertiary/aromatic N) is 1. The lowest BCUT2D eigenvalue weighted by Crippen LogP contribution is -2.14. The minimum Gasteiger partial charge on any atom is -0.385 e. The lowest BCUT2D eigenvalue weighted by molar-refractivity contribution is 0.626. The number of hydrogen-bond acceptors (Lipinski definition) is 4. The second-order valence-corrected chi connectivity index (χ2v) is 6.37. The Morgan fingerprint density at radius 3 is 2.62 bits per heavy atom. The highest BCUT2D eigenvalue weighted by atomic mass is 16.1. The van der Waals surface area contributed by atoms with Crippen LogP contribution in [0.2, 0.25) is 0 Å². The van der Waals surface area contributed by atoms with Gasteiger partial charge in [-0.2, -0.15) is 5.10 Å². The topological polar surface area (TPSA) is 69.8 Å². The molecule has 1 heterocycles. The zero-order valence-electron chi connectivity index (χ0n) is 15.2. The van der Waals surface area contributed by atoms with E-state index in [1.165, 1.54) is 12.8 Å². The zero-order chi connectivity index (χ0) is 18.2. The van der Waals surface area contributed by atoms with E-state index in [1.807, 2.05) is 36.4 Å². The standard InChI is InChI=1S/C21H26N4O/c1-2-22-13-6-3-7-14-23-17-10-8-9-16(15-17)20-18-11-4-5-12-19(18)21(26)25-24-20/h4-5,8-12,15,22-23H,2-3,6-7,13-14H2,1H3,(H,25,26). The van der Waals surface area contributed by atoms with Gasteiger partial charge < -0.3 is 10.6 Å². The van der Waals surface area contributed by atoms with Crippen LogP contribution in [0.3, 0.4) is 0 Å². The minimum atomic E-state index is -0.156. The fourth-order valence-electron chi connectivity index (χ4n) is 3.07. The van der Waals surface area contributed by atoms with Crippen molar-refractivity contribution in [1.29, 1.82) is 0 Å². The summed E-state index contributed by atoms with van der Waals surface area (Å²) < 4.78 is 0. The SMILES string of the molecule is CCNCCCCCNc1cccc(-c2n[nH]c(=O)c3ccccc23)c1. The van der Waals surface area contributed by atoms with Crippen LogP contribution in [-0.4, -0.2) is 29.8 Å². The number of rotatable bonds is 9. The molecule has 0 saturated heterocycles. The molecule has 136 valence electrons. The number of H-pyrrole nitrogens is 1. The smallest absolute Gasteiger partial charge is 0.272 e. The molecule has 3 rings (SSSR count). The van der Waals surface area contributed by atoms with Crippen molar-refractivity contribution in [2.45, 2.75) is 26.2 Å². The van der Waals surface area contributed by atoms with Crippen LogP contribution in [0.25, 0.3) is 22.0 Å². The van der Waals surface area contributed by atoms with Crippen LogP contribution in [-0.2, 0) is 0 Å². The predicted octanol–water partition coefficient (Wildman–Crippen LogP) is 3.78. The molecule has 0 bridgehead atoms. The van der Waals surface area contributed by atoms with Gasteiger partial charge in [-0.1, -0.05) is 43.7 Å². The van der Waals surface area contributed by atoms with Crippen LogP contribution in [0.5, 0.6) is 0 Å². The fourth-order valence-corrected chi connectivity index (χ4v) is 3.07. The third kappa shape index (κ3) is 4.49. The first kappa shape index (κ1) is 18.1. The van der Waals surface area contributed by atoms with Gasteiger partial charge in [-0.05, 0) is 44.1 Å². The van der Waals surface area contributed by atoms with Crippen LogP contribution in [0, 0.1) is 0 Å². The maximum Gasteiger partial charge on any atom is 0.272 e. The van der Waals surface area contributed by atoms with E-state index in [4.69, 9.17) is 0 Å². The Morgan fingerprint density at radius 1 is 0.962 bits per heavy atom. The van der Waals surface area contributed by atoms with Crippen LogP contribution in [0.1, 0.15) is 26.2 Å². The second-order valence-electron chi connectivity index (χ2n) is 6.37. The van der Waals surface area contributed by atoms with Gasteiger partial charge in [0.15, 0.2) is 0 Å². The van der Waals surface area contributed by atoms with Gasteiger partial charge in [-0.25, -0.2) is 5.10 Å². The maximum atomic E-state index is 12.0. The summed E-state index contributed by atoms with van der Waals surface area (Å²) in [6.07, 6.45) is 3.57. The normalized spacial score (nSPS) is 11.0. The third-order valence-corrected chi connectivity index (χ3v) is 4.44. The Bertz CT molecular complexity index is 904. The molecule has 0 spiro atoms. The van der Waals surface area contributed by atoms with Gasteiger partial charge in [0.25, 0.3) is 5.56 Å². The van der Waals surface area contributed by atoms with E-state index >= 15 is 0 Å². The van der Waals surface area contributed by atoms with Gasteiger partial charge in [0.2, 0.25) is 0 Å². The maximum absolute atomic E-state index is 12.0. The number of aromatic nitrogens is 2. The minimum absolute atomic E-state index is 0.156. The van der Waals surface area contributed by atoms with Crippen LogP contribution in [0.15, 0.2) is 53.3 Å². The molecule has 3 aromatic rings. The Morgan fingerprint density at radius 2 is 1.77 bits per heavy atom. The Labute approximate surface area is 153 Å². The monoisotopic (exact) mass is 350 g/mol. The summed E-state index contributed by atoms with van der Waals surface area (Å²) in [5, 5.41) is 15.3. The number of unbranched alkanes of at least 4 members (excludes halogenated alkanes) is 2. The molecular formula is C21H26N4O. The van der Waals surface area contributed by atoms with E-state index in [0.29, 0.717) is 5.39 Å². The van der Waals surface area contributed by atoms with Crippen LogP contribution in [0.4, 0.5) is 5.69 Å². The van der Waals surface area contributed by atoms with Gasteiger partial charge in [0.1, 0.15) is 0 Å². The van der Waals surface area contributed by atoms with Crippen molar-refractivity contribution in [3.63, 3.8) is 0 Å². The predicted molar refractivity (Wildman–Crippen MR) is 109 cm³/mol. The van der Waals surface area contributed by atoms with Crippen molar-refractivity contribution in [1.82, 2.24) is 15.5 Å². The van der Waals surface area contributed by atoms with Crippen LogP contribution >= 0.6 is 0 Å². The average Bonchev–Trinajstić information content (AvgIpc) is 2.68. The number of fused-ring (bicyclic) bond motifs is 1. The summed E-state index contributed by atoms with van der Waals surface area (Å²) in [6.45, 7) is 5.22. The van der Waals surface area contributed by atoms with E-state index < -0.39 is 0 Å². The van der Waals surface area contributed by atoms with Crippen molar-refractivity contribution in [2.75, 3.05) is 25.0 Å². The molecule has 0 unspecified atom stereocenters. The van der Waals surface area contributed by atoms with Crippen molar-refractivity contribution < 1.29 is 0 Å². The number of aromatic amines is 1. The van der Waals surface area contributed by atoms with Crippen molar-refractivity contribution >= 4 is 16.5 Å². The molecule has 0 aliphatic rings. The molecule has 0 atom stereocenters. The van der Waals surface area contributed by atoms with E-state index in [2.05, 4.69) is 39.9 Å². The first-order chi connectivity index (χ1) is 12.8. The van der Waals surface area contributed by atoms with Gasteiger partial charge in [-0.15, -0.1) is 0 Å². The Balaban J connectivity index is 1.68. The van der Waals surface area contributed by atoms with Gasteiger partial charge in [0.05, 0.1) is 11.1 Å². The summed E-state index contributed by atoms with van der Waals surface area (Å²) in [7, 11) is 0. The van der Waals surface area contributed by atoms with Crippen molar-refractivity contribution in [3.8, 4) is 11.3 Å². The first-order valence-electron chi connectivity index (χ1n) is 9.32. The highest BCUT2D eigenvalue weighted by molar-refractivity contribution is 5.94. The van der Waals surface area contributed by atoms with E-state index in [-0.39, 0.29) is 5.56 Å². The van der Waals surface area contributed by atoms with E-state index in [0.717, 1.165) is 48.4 Å². The summed E-state index contributed by atoms with van der Waals surface area (Å²) in [4.78, 5) is 12.0. The number of benzene rings is 2. The largest absolute Gasteiger partial charge is 0.385 e.